The van der Waals surface area contributed by atoms with Crippen LogP contribution < -0.4 is 4.72 Å². The van der Waals surface area contributed by atoms with Crippen LogP contribution in [-0.2, 0) is 35.6 Å². The van der Waals surface area contributed by atoms with Crippen molar-refractivity contribution in [3.8, 4) is 0 Å². The van der Waals surface area contributed by atoms with E-state index in [0.29, 0.717) is 0 Å². The molecule has 9 heteroatoms. The highest BCUT2D eigenvalue weighted by molar-refractivity contribution is 7.84. The van der Waals surface area contributed by atoms with Gasteiger partial charge in [0.05, 0.1) is 21.3 Å². The molecule has 1 aromatic rings. The van der Waals surface area contributed by atoms with Crippen LogP contribution in [0.4, 0.5) is 8.78 Å². The number of rotatable bonds is 6. The van der Waals surface area contributed by atoms with Gasteiger partial charge >= 0.3 is 17.6 Å². The van der Waals surface area contributed by atoms with Crippen LogP contribution in [0.5, 0.6) is 0 Å². The summed E-state index contributed by atoms with van der Waals surface area (Å²) in [4.78, 5) is 24.4. The Hall–Kier alpha value is -1.87. The molecule has 0 amide bonds. The number of hydrogen-bond donors (Lipinski definition) is 1. The van der Waals surface area contributed by atoms with Crippen molar-refractivity contribution in [1.82, 2.24) is 4.72 Å². The average Bonchev–Trinajstić information content (AvgIpc) is 2.57. The van der Waals surface area contributed by atoms with Gasteiger partial charge in [0.2, 0.25) is 0 Å². The van der Waals surface area contributed by atoms with Crippen LogP contribution in [0.25, 0.3) is 0 Å². The van der Waals surface area contributed by atoms with E-state index in [1.807, 2.05) is 0 Å². The van der Waals surface area contributed by atoms with E-state index in [-0.39, 0.29) is 12.0 Å². The molecule has 1 aliphatic heterocycles. The molecule has 29 heavy (non-hydrogen) atoms. The lowest BCUT2D eigenvalue weighted by molar-refractivity contribution is -0.253. The molecular formula is C20H27F2NO5S. The number of halogens is 2. The number of ether oxygens (including phenoxy) is 2. The molecule has 1 heterocycles. The van der Waals surface area contributed by atoms with Crippen molar-refractivity contribution in [1.29, 1.82) is 0 Å². The third kappa shape index (κ3) is 5.01. The van der Waals surface area contributed by atoms with Gasteiger partial charge in [-0.2, -0.15) is 0 Å². The molecule has 0 aromatic heterocycles. The first kappa shape index (κ1) is 23.4. The molecule has 1 aromatic carbocycles. The second-order valence-electron chi connectivity index (χ2n) is 8.78. The van der Waals surface area contributed by atoms with Gasteiger partial charge in [0.25, 0.3) is 5.79 Å². The first-order chi connectivity index (χ1) is 13.1. The highest BCUT2D eigenvalue weighted by Crippen LogP contribution is 2.37. The Morgan fingerprint density at radius 3 is 2.07 bits per heavy atom. The second kappa shape index (κ2) is 7.75. The first-order valence-corrected chi connectivity index (χ1v) is 10.4. The van der Waals surface area contributed by atoms with E-state index >= 15 is 4.39 Å². The van der Waals surface area contributed by atoms with E-state index in [2.05, 4.69) is 4.72 Å². The number of benzene rings is 1. The normalized spacial score (nSPS) is 21.7. The third-order valence-corrected chi connectivity index (χ3v) is 6.38. The van der Waals surface area contributed by atoms with Gasteiger partial charge in [-0.3, -0.25) is 0 Å². The fraction of sp³-hybridized carbons (Fsp3) is 0.600. The third-order valence-electron chi connectivity index (χ3n) is 4.64. The second-order valence-corrected chi connectivity index (χ2v) is 10.7. The van der Waals surface area contributed by atoms with Crippen LogP contribution in [0.3, 0.4) is 0 Å². The summed E-state index contributed by atoms with van der Waals surface area (Å²) in [7, 11) is -1.64. The van der Waals surface area contributed by atoms with E-state index in [4.69, 9.17) is 9.47 Å². The zero-order chi connectivity index (χ0) is 22.3. The first-order valence-electron chi connectivity index (χ1n) is 9.21. The Morgan fingerprint density at radius 1 is 1.07 bits per heavy atom. The molecule has 0 bridgehead atoms. The van der Waals surface area contributed by atoms with Crippen LogP contribution in [0.2, 0.25) is 0 Å². The number of carbonyl (C=O) groups is 2. The van der Waals surface area contributed by atoms with E-state index in [1.54, 1.807) is 33.8 Å². The Balaban J connectivity index is 2.36. The van der Waals surface area contributed by atoms with Crippen molar-refractivity contribution in [2.75, 3.05) is 0 Å². The van der Waals surface area contributed by atoms with Gasteiger partial charge in [0.1, 0.15) is 5.82 Å². The number of nitrogens with one attached hydrogen (secondary N) is 1. The molecule has 2 atom stereocenters. The van der Waals surface area contributed by atoms with Crippen LogP contribution in [0, 0.1) is 5.82 Å². The molecule has 0 saturated carbocycles. The van der Waals surface area contributed by atoms with Crippen molar-refractivity contribution in [2.45, 2.75) is 76.1 Å². The molecule has 1 saturated heterocycles. The number of hydrogen-bond acceptors (Lipinski definition) is 5. The average molecular weight is 432 g/mol. The van der Waals surface area contributed by atoms with Crippen LogP contribution >= 0.6 is 0 Å². The maximum Gasteiger partial charge on any atom is 0.359 e. The number of carbonyl (C=O) groups excluding carboxylic acids is 2. The van der Waals surface area contributed by atoms with E-state index in [0.717, 1.165) is 0 Å². The Labute approximate surface area is 171 Å². The molecule has 1 N–H and O–H groups in total. The van der Waals surface area contributed by atoms with Crippen molar-refractivity contribution in [2.24, 2.45) is 0 Å². The molecule has 1 fully saturated rings. The van der Waals surface area contributed by atoms with Gasteiger partial charge < -0.3 is 9.47 Å². The SMILES string of the molecule is CC1(C)OC(=O)C(F)(CC[C@](C)(NS(=O)C(C)(C)C)c2ccccc2F)C(=O)O1. The van der Waals surface area contributed by atoms with Crippen LogP contribution in [-0.4, -0.2) is 32.4 Å². The predicted octanol–water partition coefficient (Wildman–Crippen LogP) is 3.42. The fourth-order valence-corrected chi connectivity index (χ4v) is 3.77. The highest BCUT2D eigenvalue weighted by Gasteiger charge is 2.58. The molecule has 1 aliphatic rings. The van der Waals surface area contributed by atoms with Gasteiger partial charge in [0, 0.05) is 25.8 Å². The van der Waals surface area contributed by atoms with Crippen LogP contribution in [0.1, 0.15) is 59.9 Å². The number of cyclic esters (lactones) is 2. The van der Waals surface area contributed by atoms with E-state index in [9.17, 15) is 18.2 Å². The molecule has 0 radical (unpaired) electrons. The topological polar surface area (TPSA) is 81.7 Å². The zero-order valence-electron chi connectivity index (χ0n) is 17.4. The molecule has 162 valence electrons. The number of alkyl halides is 1. The lowest BCUT2D eigenvalue weighted by Gasteiger charge is -2.38. The van der Waals surface area contributed by atoms with Gasteiger partial charge in [-0.15, -0.1) is 0 Å². The fourth-order valence-electron chi connectivity index (χ4n) is 2.85. The molecule has 2 rings (SSSR count). The smallest absolute Gasteiger partial charge is 0.359 e. The molecule has 0 aliphatic carbocycles. The van der Waals surface area contributed by atoms with Gasteiger partial charge in [-0.1, -0.05) is 18.2 Å². The summed E-state index contributed by atoms with van der Waals surface area (Å²) in [5.74, 6) is -4.86. The van der Waals surface area contributed by atoms with Crippen molar-refractivity contribution in [3.63, 3.8) is 0 Å². The molecule has 1 unspecified atom stereocenters. The van der Waals surface area contributed by atoms with Crippen LogP contribution in [0.15, 0.2) is 24.3 Å². The molecule has 6 nitrogen and oxygen atoms in total. The van der Waals surface area contributed by atoms with Gasteiger partial charge in [0.15, 0.2) is 0 Å². The highest BCUT2D eigenvalue weighted by atomic mass is 32.2. The quantitative estimate of drug-likeness (QED) is 0.551. The minimum atomic E-state index is -3.03. The molecule has 0 spiro atoms. The Bertz CT molecular complexity index is 816. The Kier molecular flexibility index (Phi) is 6.26. The Morgan fingerprint density at radius 2 is 1.59 bits per heavy atom. The maximum absolute atomic E-state index is 15.3. The van der Waals surface area contributed by atoms with E-state index < -0.39 is 56.9 Å². The van der Waals surface area contributed by atoms with Crippen molar-refractivity contribution >= 4 is 22.9 Å². The van der Waals surface area contributed by atoms with Crippen molar-refractivity contribution < 1.29 is 32.1 Å². The van der Waals surface area contributed by atoms with Crippen molar-refractivity contribution in [3.05, 3.63) is 35.6 Å². The lowest BCUT2D eigenvalue weighted by Crippen LogP contribution is -2.57. The summed E-state index contributed by atoms with van der Waals surface area (Å²) in [5.41, 5.74) is -4.23. The zero-order valence-corrected chi connectivity index (χ0v) is 18.2. The lowest BCUT2D eigenvalue weighted by atomic mass is 9.84. The van der Waals surface area contributed by atoms with Gasteiger partial charge in [-0.25, -0.2) is 27.3 Å². The minimum Gasteiger partial charge on any atom is -0.420 e. The largest absolute Gasteiger partial charge is 0.420 e. The predicted molar refractivity (Wildman–Crippen MR) is 104 cm³/mol. The summed E-state index contributed by atoms with van der Waals surface area (Å²) in [6.07, 6.45) is -0.864. The minimum absolute atomic E-state index is 0.138. The summed E-state index contributed by atoms with van der Waals surface area (Å²) < 4.78 is 54.4. The number of esters is 2. The van der Waals surface area contributed by atoms with Gasteiger partial charge in [-0.05, 0) is 40.2 Å². The summed E-state index contributed by atoms with van der Waals surface area (Å²) in [6, 6.07) is 5.80. The summed E-state index contributed by atoms with van der Waals surface area (Å²) in [5, 5.41) is 0. The monoisotopic (exact) mass is 431 g/mol. The maximum atomic E-state index is 15.3. The summed E-state index contributed by atoms with van der Waals surface area (Å²) in [6.45, 7) is 9.37. The summed E-state index contributed by atoms with van der Waals surface area (Å²) >= 11 is 0. The van der Waals surface area contributed by atoms with E-state index in [1.165, 1.54) is 32.0 Å². The molecular weight excluding hydrogens is 404 g/mol. The standard InChI is InChI=1S/C20H27F2NO5S/c1-17(2,3)29(26)23-19(6,13-9-7-8-10-14(13)21)11-12-20(22)15(24)27-18(4,5)28-16(20)25/h7-10,23H,11-12H2,1-6H3/t19-,29?/m0/s1.